The Morgan fingerprint density at radius 1 is 0.304 bits per heavy atom. The lowest BCUT2D eigenvalue weighted by Crippen LogP contribution is -2.54. The van der Waals surface area contributed by atoms with E-state index in [-0.39, 0.29) is 16.9 Å². The average Bonchev–Trinajstić information content (AvgIpc) is 4.24. The lowest BCUT2D eigenvalue weighted by molar-refractivity contribution is 0.309. The highest BCUT2D eigenvalue weighted by Gasteiger charge is 2.76. The molecule has 28 aromatic rings. The van der Waals surface area contributed by atoms with Crippen LogP contribution in [0, 0.1) is 0 Å². The van der Waals surface area contributed by atoms with E-state index < -0.39 is 0 Å². The maximum Gasteiger partial charge on any atom is 0.0581 e. The zero-order chi connectivity index (χ0) is 40.8. The van der Waals surface area contributed by atoms with Crippen LogP contribution in [0.1, 0.15) is 22.3 Å². The molecule has 0 radical (unpaired) electrons. The fourth-order valence-corrected chi connectivity index (χ4v) is 26.0. The molecule has 1 fully saturated rings. The molecule has 5 aliphatic carbocycles. The van der Waals surface area contributed by atoms with Crippen LogP contribution in [0.2, 0.25) is 0 Å². The van der Waals surface area contributed by atoms with Gasteiger partial charge < -0.3 is 0 Å². The molecule has 6 aliphatic rings. The Morgan fingerprint density at radius 2 is 0.507 bits per heavy atom. The lowest BCUT2D eigenvalue weighted by Gasteiger charge is -2.52. The van der Waals surface area contributed by atoms with Crippen molar-refractivity contribution in [3.63, 3.8) is 0 Å². The zero-order valence-corrected chi connectivity index (χ0v) is 35.5. The summed E-state index contributed by atoms with van der Waals surface area (Å²) in [5, 5.41) is 90.4. The molecule has 1 nitrogen and oxygen atoms in total. The van der Waals surface area contributed by atoms with E-state index in [2.05, 4.69) is 35.9 Å². The summed E-state index contributed by atoms with van der Waals surface area (Å²) in [5.41, 5.74) is 12.0. The van der Waals surface area contributed by atoms with Gasteiger partial charge in [0.2, 0.25) is 0 Å². The van der Waals surface area contributed by atoms with Crippen LogP contribution in [0.15, 0.2) is 29.5 Å². The molecule has 286 valence electrons. The molecule has 0 bridgehead atoms. The van der Waals surface area contributed by atoms with Crippen molar-refractivity contribution < 1.29 is 0 Å². The predicted octanol–water partition coefficient (Wildman–Crippen LogP) is 17.3. The Labute approximate surface area is 376 Å². The standard InChI is InChI=1S/C68H9N/c1-69-6-67-62-54-46-36-26-18-10-8-9-12-16-14(10)22-30-24(16)34-28-20(12)21-13(9)17-15-11(8)19(18)27-33-23(15)31-25(17)35-29(21)39-38(28)50-44(34)52-42(30)48(40(46)32(22)26)56(62)58(52)64-60(50)61-51(39)45(35)53-43(31)49-41(33)47(37(27)36)55(54)63(67)57(49)59(53)65(61)68(64,67)66(69)7-4-2-3-5-7/h2-4,66H,6H2,1H3. The number of rotatable bonds is 1. The van der Waals surface area contributed by atoms with Crippen molar-refractivity contribution in [3.05, 3.63) is 51.8 Å². The van der Waals surface area contributed by atoms with E-state index in [1.807, 2.05) is 0 Å². The van der Waals surface area contributed by atoms with E-state index in [0.29, 0.717) is 0 Å². The van der Waals surface area contributed by atoms with Gasteiger partial charge in [0.1, 0.15) is 0 Å². The average molecular weight is 840 g/mol. The first-order valence-electron chi connectivity index (χ1n) is 25.9. The summed E-state index contributed by atoms with van der Waals surface area (Å²) >= 11 is 0. The van der Waals surface area contributed by atoms with E-state index in [9.17, 15) is 0 Å². The van der Waals surface area contributed by atoms with Crippen molar-refractivity contribution >= 4 is 291 Å². The Hall–Kier alpha value is -8.32. The topological polar surface area (TPSA) is 3.24 Å². The zero-order valence-electron chi connectivity index (χ0n) is 35.5. The summed E-state index contributed by atoms with van der Waals surface area (Å²) in [6.07, 6.45) is 7.06. The molecule has 69 heavy (non-hydrogen) atoms. The normalized spacial score (nSPS) is 24.8. The third-order valence-electron chi connectivity index (χ3n) is 25.8. The highest BCUT2D eigenvalue weighted by molar-refractivity contribution is 6.82. The number of allylic oxidation sites excluding steroid dienone is 1. The van der Waals surface area contributed by atoms with Gasteiger partial charge in [0, 0.05) is 12.1 Å². The second-order valence-corrected chi connectivity index (χ2v) is 25.9. The number of likely N-dealkylation sites (tertiary alicyclic amines) is 1. The molecule has 28 aromatic carbocycles. The summed E-state index contributed by atoms with van der Waals surface area (Å²) in [6, 6.07) is 0.170. The van der Waals surface area contributed by atoms with Crippen LogP contribution in [-0.2, 0) is 10.8 Å². The monoisotopic (exact) mass is 839 g/mol. The molecule has 0 N–H and O–H groups in total. The Morgan fingerprint density at radius 3 is 0.710 bits per heavy atom. The van der Waals surface area contributed by atoms with Crippen molar-refractivity contribution in [2.24, 2.45) is 0 Å². The van der Waals surface area contributed by atoms with E-state index in [4.69, 9.17) is 0 Å². The van der Waals surface area contributed by atoms with Gasteiger partial charge >= 0.3 is 0 Å². The lowest BCUT2D eigenvalue weighted by atomic mass is 9.47. The number of hydrogen-bond acceptors (Lipinski definition) is 1. The third-order valence-corrected chi connectivity index (χ3v) is 25.8. The molecule has 2 spiro atoms. The maximum atomic E-state index is 4.03. The van der Waals surface area contributed by atoms with Gasteiger partial charge in [-0.15, -0.1) is 5.73 Å². The molecule has 1 unspecified atom stereocenters. The number of benzene rings is 18. The van der Waals surface area contributed by atoms with Crippen LogP contribution in [0.5, 0.6) is 0 Å². The van der Waals surface area contributed by atoms with Gasteiger partial charge in [-0.1, -0.05) is 6.08 Å². The predicted molar refractivity (Wildman–Crippen MR) is 291 cm³/mol. The van der Waals surface area contributed by atoms with Crippen LogP contribution in [0.4, 0.5) is 0 Å². The molecular weight excluding hydrogens is 831 g/mol. The van der Waals surface area contributed by atoms with Gasteiger partial charge in [-0.3, -0.25) is 4.90 Å². The van der Waals surface area contributed by atoms with Gasteiger partial charge in [0.05, 0.1) is 16.9 Å². The summed E-state index contributed by atoms with van der Waals surface area (Å²) in [7, 11) is 2.55. The number of likely N-dealkylation sites (N-methyl/N-ethyl adjacent to an activating group) is 1. The van der Waals surface area contributed by atoms with Crippen molar-refractivity contribution in [3.8, 4) is 0 Å². The number of hydrogen-bond donors (Lipinski definition) is 0. The molecule has 1 heterocycles. The third kappa shape index (κ3) is 1.30. The minimum absolute atomic E-state index is 0.170. The smallest absolute Gasteiger partial charge is 0.0581 e. The van der Waals surface area contributed by atoms with E-state index in [0.717, 1.165) is 6.54 Å². The van der Waals surface area contributed by atoms with Crippen LogP contribution >= 0.6 is 0 Å². The van der Waals surface area contributed by atoms with Crippen molar-refractivity contribution in [1.29, 1.82) is 0 Å². The molecule has 1 aliphatic heterocycles. The van der Waals surface area contributed by atoms with E-state index in [1.54, 1.807) is 313 Å². The minimum atomic E-state index is -0.294. The largest absolute Gasteiger partial charge is 0.296 e. The van der Waals surface area contributed by atoms with Gasteiger partial charge in [-0.2, -0.15) is 0 Å². The fraction of sp³-hybridized carbons (Fsp3) is 0.0735. The highest BCUT2D eigenvalue weighted by atomic mass is 15.2. The number of nitrogens with zero attached hydrogens (tertiary/aromatic N) is 1. The Balaban J connectivity index is 1.21. The first-order chi connectivity index (χ1) is 34.3. The summed E-state index contributed by atoms with van der Waals surface area (Å²) in [4.78, 5) is 2.91. The van der Waals surface area contributed by atoms with Crippen LogP contribution in [-0.4, -0.2) is 24.5 Å². The second kappa shape index (κ2) is 5.59. The molecular formula is C68H9N. The summed E-state index contributed by atoms with van der Waals surface area (Å²) in [6.45, 7) is 1.05. The van der Waals surface area contributed by atoms with Gasteiger partial charge in [-0.25, -0.2) is 0 Å². The Kier molecular flexibility index (Phi) is 2.04. The maximum absolute atomic E-state index is 4.03. The van der Waals surface area contributed by atoms with Gasteiger partial charge in [0.25, 0.3) is 0 Å². The van der Waals surface area contributed by atoms with Gasteiger partial charge in [-0.05, 0) is 332 Å². The summed E-state index contributed by atoms with van der Waals surface area (Å²) in [5.74, 6) is 0. The van der Waals surface area contributed by atoms with E-state index >= 15 is 0 Å². The van der Waals surface area contributed by atoms with Crippen LogP contribution < -0.4 is 0 Å². The first kappa shape index (κ1) is 25.2. The van der Waals surface area contributed by atoms with Crippen LogP contribution in [0.25, 0.3) is 291 Å². The van der Waals surface area contributed by atoms with Crippen molar-refractivity contribution in [2.75, 3.05) is 13.6 Å². The Bertz CT molecular complexity index is 7160. The molecule has 1 atom stereocenters. The minimum Gasteiger partial charge on any atom is -0.296 e. The van der Waals surface area contributed by atoms with Gasteiger partial charge in [0.15, 0.2) is 0 Å². The quantitative estimate of drug-likeness (QED) is 0.118. The summed E-state index contributed by atoms with van der Waals surface area (Å²) < 4.78 is 0. The molecule has 0 amide bonds. The molecule has 1 saturated heterocycles. The second-order valence-electron chi connectivity index (χ2n) is 25.9. The molecule has 34 rings (SSSR count). The molecule has 1 heteroatoms. The molecule has 0 aromatic heterocycles. The van der Waals surface area contributed by atoms with Crippen LogP contribution in [0.3, 0.4) is 0 Å². The first-order valence-corrected chi connectivity index (χ1v) is 25.9. The SMILES string of the molecule is CN1CC23c4c5c6c7c8c9c(c%10c%11c2c2c4c4c%12c5c5c6c6c8c8c%13c9c9c%10c%10c%11c%11c2c2c4c4c%12c%12c5c5c6c8c6c8c%13c9c9c%10c%10c%11c2c2c4c4c%12c5c6c5c8c9c%10c2c45)C73C1C1=C=CC=C1. The fourth-order valence-electron chi connectivity index (χ4n) is 26.0. The molecule has 0 saturated carbocycles. The van der Waals surface area contributed by atoms with Crippen molar-refractivity contribution in [1.82, 2.24) is 4.90 Å². The van der Waals surface area contributed by atoms with E-state index in [1.165, 1.54) is 5.57 Å². The highest BCUT2D eigenvalue weighted by Crippen LogP contribution is 2.86. The van der Waals surface area contributed by atoms with Crippen molar-refractivity contribution in [2.45, 2.75) is 16.9 Å².